The highest BCUT2D eigenvalue weighted by Crippen LogP contribution is 2.22. The number of ketones is 1. The van der Waals surface area contributed by atoms with Crippen molar-refractivity contribution in [3.05, 3.63) is 44.9 Å². The molecule has 0 radical (unpaired) electrons. The van der Waals surface area contributed by atoms with Crippen LogP contribution >= 0.6 is 11.3 Å². The third-order valence-electron chi connectivity index (χ3n) is 4.09. The van der Waals surface area contributed by atoms with E-state index in [0.29, 0.717) is 21.7 Å². The van der Waals surface area contributed by atoms with Crippen molar-refractivity contribution in [1.29, 1.82) is 0 Å². The van der Waals surface area contributed by atoms with E-state index >= 15 is 0 Å². The highest BCUT2D eigenvalue weighted by Gasteiger charge is 2.29. The van der Waals surface area contributed by atoms with Crippen molar-refractivity contribution >= 4 is 29.0 Å². The maximum atomic E-state index is 12.9. The van der Waals surface area contributed by atoms with E-state index in [-0.39, 0.29) is 17.4 Å². The van der Waals surface area contributed by atoms with Crippen LogP contribution in [0, 0.1) is 13.8 Å². The lowest BCUT2D eigenvalue weighted by Crippen LogP contribution is -2.40. The second kappa shape index (κ2) is 7.00. The first-order chi connectivity index (χ1) is 11.3. The van der Waals surface area contributed by atoms with Crippen LogP contribution in [0.25, 0.3) is 0 Å². The molecule has 24 heavy (non-hydrogen) atoms. The van der Waals surface area contributed by atoms with Crippen LogP contribution in [0.15, 0.2) is 17.5 Å². The topological polar surface area (TPSA) is 79.5 Å². The first-order valence-electron chi connectivity index (χ1n) is 7.41. The first kappa shape index (κ1) is 17.9. The molecule has 1 amide bonds. The van der Waals surface area contributed by atoms with Crippen molar-refractivity contribution in [2.24, 2.45) is 0 Å². The van der Waals surface area contributed by atoms with Crippen molar-refractivity contribution < 1.29 is 19.1 Å². The molecule has 6 nitrogen and oxygen atoms in total. The Labute approximate surface area is 144 Å². The van der Waals surface area contributed by atoms with E-state index in [1.807, 2.05) is 5.38 Å². The molecule has 0 aliphatic carbocycles. The summed E-state index contributed by atoms with van der Waals surface area (Å²) in [6.45, 7) is 5.09. The number of nitrogens with zero attached hydrogens (tertiary/aromatic N) is 1. The van der Waals surface area contributed by atoms with Gasteiger partial charge in [-0.3, -0.25) is 9.59 Å². The van der Waals surface area contributed by atoms with E-state index in [0.717, 1.165) is 0 Å². The highest BCUT2D eigenvalue weighted by molar-refractivity contribution is 7.12. The number of likely N-dealkylation sites (N-methyl/N-ethyl adjacent to an activating group) is 1. The highest BCUT2D eigenvalue weighted by atomic mass is 32.1. The molecule has 0 fully saturated rings. The number of nitrogens with one attached hydrogen (secondary N) is 1. The zero-order chi connectivity index (χ0) is 18.0. The number of aromatic nitrogens is 1. The first-order valence-corrected chi connectivity index (χ1v) is 8.29. The Morgan fingerprint density at radius 3 is 2.50 bits per heavy atom. The van der Waals surface area contributed by atoms with Gasteiger partial charge in [0.25, 0.3) is 5.91 Å². The number of hydrogen-bond acceptors (Lipinski definition) is 5. The molecule has 0 aromatic carbocycles. The average Bonchev–Trinajstić information content (AvgIpc) is 3.20. The van der Waals surface area contributed by atoms with Gasteiger partial charge in [0.2, 0.25) is 0 Å². The summed E-state index contributed by atoms with van der Waals surface area (Å²) >= 11 is 1.33. The van der Waals surface area contributed by atoms with Gasteiger partial charge in [0.05, 0.1) is 18.0 Å². The van der Waals surface area contributed by atoms with Gasteiger partial charge >= 0.3 is 5.97 Å². The van der Waals surface area contributed by atoms with Crippen LogP contribution in [0.3, 0.4) is 0 Å². The number of amides is 1. The van der Waals surface area contributed by atoms with Crippen molar-refractivity contribution in [3.63, 3.8) is 0 Å². The van der Waals surface area contributed by atoms with Gasteiger partial charge in [0, 0.05) is 18.3 Å². The molecule has 128 valence electrons. The van der Waals surface area contributed by atoms with Crippen LogP contribution in [0.1, 0.15) is 48.7 Å². The minimum atomic E-state index is -0.654. The fraction of sp³-hybridized carbons (Fsp3) is 0.353. The van der Waals surface area contributed by atoms with Crippen LogP contribution in [-0.4, -0.2) is 47.7 Å². The number of carbonyl (C=O) groups excluding carboxylic acids is 3. The number of ether oxygens (including phenoxy) is 1. The number of hydrogen-bond donors (Lipinski definition) is 1. The van der Waals surface area contributed by atoms with E-state index in [4.69, 9.17) is 4.74 Å². The van der Waals surface area contributed by atoms with Crippen molar-refractivity contribution in [2.75, 3.05) is 14.2 Å². The Morgan fingerprint density at radius 1 is 1.29 bits per heavy atom. The van der Waals surface area contributed by atoms with Crippen molar-refractivity contribution in [3.8, 4) is 0 Å². The largest absolute Gasteiger partial charge is 0.464 e. The smallest absolute Gasteiger partial charge is 0.354 e. The van der Waals surface area contributed by atoms with Crippen molar-refractivity contribution in [2.45, 2.75) is 26.8 Å². The number of H-pyrrole nitrogens is 1. The van der Waals surface area contributed by atoms with Gasteiger partial charge < -0.3 is 14.6 Å². The lowest BCUT2D eigenvalue weighted by molar-refractivity contribution is 0.0593. The lowest BCUT2D eigenvalue weighted by atomic mass is 10.00. The fourth-order valence-electron chi connectivity index (χ4n) is 2.56. The minimum Gasteiger partial charge on any atom is -0.464 e. The lowest BCUT2D eigenvalue weighted by Gasteiger charge is -2.23. The van der Waals surface area contributed by atoms with Crippen LogP contribution in [0.4, 0.5) is 0 Å². The van der Waals surface area contributed by atoms with Gasteiger partial charge in [-0.1, -0.05) is 6.07 Å². The molecule has 0 unspecified atom stereocenters. The molecule has 1 atom stereocenters. The molecule has 0 saturated carbocycles. The van der Waals surface area contributed by atoms with E-state index in [1.54, 1.807) is 40.0 Å². The molecule has 2 rings (SSSR count). The molecular formula is C17H20N2O4S. The summed E-state index contributed by atoms with van der Waals surface area (Å²) in [5.74, 6) is -0.945. The van der Waals surface area contributed by atoms with Gasteiger partial charge in [-0.05, 0) is 37.8 Å². The molecule has 7 heteroatoms. The summed E-state index contributed by atoms with van der Waals surface area (Å²) in [6.07, 6.45) is 0. The maximum absolute atomic E-state index is 12.9. The summed E-state index contributed by atoms with van der Waals surface area (Å²) in [5.41, 5.74) is 1.81. The Kier molecular flexibility index (Phi) is 5.23. The number of aryl methyl sites for hydroxylation is 1. The van der Waals surface area contributed by atoms with Gasteiger partial charge in [-0.25, -0.2) is 4.79 Å². The summed E-state index contributed by atoms with van der Waals surface area (Å²) in [6, 6.07) is 2.86. The summed E-state index contributed by atoms with van der Waals surface area (Å²) < 4.78 is 4.72. The van der Waals surface area contributed by atoms with E-state index in [2.05, 4.69) is 4.98 Å². The maximum Gasteiger partial charge on any atom is 0.354 e. The van der Waals surface area contributed by atoms with E-state index in [9.17, 15) is 14.4 Å². The molecule has 0 aliphatic heterocycles. The molecular weight excluding hydrogens is 328 g/mol. The normalized spacial score (nSPS) is 11.9. The number of aromatic amines is 1. The molecule has 2 aromatic heterocycles. The zero-order valence-electron chi connectivity index (χ0n) is 14.3. The molecule has 0 saturated heterocycles. The third kappa shape index (κ3) is 3.12. The number of carbonyl (C=O) groups is 3. The predicted molar refractivity (Wildman–Crippen MR) is 91.8 cm³/mol. The Hall–Kier alpha value is -2.41. The molecule has 0 bridgehead atoms. The number of thiophene rings is 1. The van der Waals surface area contributed by atoms with Crippen LogP contribution in [0.5, 0.6) is 0 Å². The standard InChI is InChI=1S/C17H20N2O4S/c1-9-13(10(2)18-14(9)17(22)23-5)15(20)11(3)19(4)16(21)12-7-6-8-24-12/h6-8,11,18H,1-5H3/t11-/m1/s1. The number of esters is 1. The van der Waals surface area contributed by atoms with E-state index < -0.39 is 12.0 Å². The third-order valence-corrected chi connectivity index (χ3v) is 4.94. The van der Waals surface area contributed by atoms with Gasteiger partial charge in [-0.15, -0.1) is 11.3 Å². The quantitative estimate of drug-likeness (QED) is 0.666. The minimum absolute atomic E-state index is 0.204. The summed E-state index contributed by atoms with van der Waals surface area (Å²) in [5, 5.41) is 1.82. The molecule has 1 N–H and O–H groups in total. The Morgan fingerprint density at radius 2 is 1.96 bits per heavy atom. The molecule has 0 aliphatic rings. The number of Topliss-reactive ketones (excluding diaryl/α,β-unsaturated/α-hetero) is 1. The fourth-order valence-corrected chi connectivity index (χ4v) is 3.27. The summed E-state index contributed by atoms with van der Waals surface area (Å²) in [4.78, 5) is 41.9. The van der Waals surface area contributed by atoms with Gasteiger partial charge in [0.15, 0.2) is 5.78 Å². The predicted octanol–water partition coefficient (Wildman–Crippen LogP) is 2.82. The van der Waals surface area contributed by atoms with Gasteiger partial charge in [0.1, 0.15) is 5.69 Å². The summed E-state index contributed by atoms with van der Waals surface area (Å²) in [7, 11) is 2.89. The molecule has 0 spiro atoms. The van der Waals surface area contributed by atoms with Crippen LogP contribution in [-0.2, 0) is 4.74 Å². The zero-order valence-corrected chi connectivity index (χ0v) is 15.1. The number of methoxy groups -OCH3 is 1. The monoisotopic (exact) mass is 348 g/mol. The average molecular weight is 348 g/mol. The van der Waals surface area contributed by atoms with E-state index in [1.165, 1.54) is 23.3 Å². The number of rotatable bonds is 5. The second-order valence-electron chi connectivity index (χ2n) is 5.55. The van der Waals surface area contributed by atoms with Crippen LogP contribution in [0.2, 0.25) is 0 Å². The molecule has 2 heterocycles. The van der Waals surface area contributed by atoms with Crippen LogP contribution < -0.4 is 0 Å². The van der Waals surface area contributed by atoms with Gasteiger partial charge in [-0.2, -0.15) is 0 Å². The van der Waals surface area contributed by atoms with Crippen molar-refractivity contribution in [1.82, 2.24) is 9.88 Å². The Balaban J connectivity index is 2.30. The SMILES string of the molecule is COC(=O)c1[nH]c(C)c(C(=O)[C@@H](C)N(C)C(=O)c2cccs2)c1C. The molecule has 2 aromatic rings. The second-order valence-corrected chi connectivity index (χ2v) is 6.50. The Bertz CT molecular complexity index is 777.